The van der Waals surface area contributed by atoms with Crippen LogP contribution in [-0.4, -0.2) is 16.8 Å². The van der Waals surface area contributed by atoms with E-state index in [1.54, 1.807) is 0 Å². The van der Waals surface area contributed by atoms with Crippen LogP contribution >= 0.6 is 15.9 Å². The van der Waals surface area contributed by atoms with E-state index in [1.807, 2.05) is 55.9 Å². The van der Waals surface area contributed by atoms with Gasteiger partial charge in [-0.3, -0.25) is 10.00 Å². The van der Waals surface area contributed by atoms with Crippen LogP contribution < -0.4 is 5.32 Å². The summed E-state index contributed by atoms with van der Waals surface area (Å²) in [5.41, 5.74) is 2.35. The molecule has 0 spiro atoms. The fraction of sp³-hybridized carbons (Fsp3) is 0.375. The van der Waals surface area contributed by atoms with E-state index in [4.69, 9.17) is 0 Å². The Balaban J connectivity index is 2.26. The van der Waals surface area contributed by atoms with E-state index < -0.39 is 5.54 Å². The third-order valence-corrected chi connectivity index (χ3v) is 5.02. The molecule has 0 saturated heterocycles. The summed E-state index contributed by atoms with van der Waals surface area (Å²) in [4.78, 5) is 0. The highest BCUT2D eigenvalue weighted by Gasteiger charge is 2.30. The number of nitrogens with zero attached hydrogens (tertiary/aromatic N) is 3. The van der Waals surface area contributed by atoms with Crippen molar-refractivity contribution < 1.29 is 0 Å². The van der Waals surface area contributed by atoms with Gasteiger partial charge in [-0.15, -0.1) is 0 Å². The third kappa shape index (κ3) is 3.02. The summed E-state index contributed by atoms with van der Waals surface area (Å²) >= 11 is 3.54. The van der Waals surface area contributed by atoms with E-state index in [2.05, 4.69) is 32.4 Å². The van der Waals surface area contributed by atoms with Crippen LogP contribution in [0.25, 0.3) is 0 Å². The summed E-state index contributed by atoms with van der Waals surface area (Å²) in [5.74, 6) is 0. The maximum absolute atomic E-state index is 9.69. The molecule has 0 aliphatic rings. The molecular weight excluding hydrogens is 328 g/mol. The minimum atomic E-state index is -0.694. The molecule has 1 heterocycles. The summed E-state index contributed by atoms with van der Waals surface area (Å²) in [6.45, 7) is 4.68. The molecule has 0 amide bonds. The largest absolute Gasteiger partial charge is 0.299 e. The molecule has 110 valence electrons. The summed E-state index contributed by atoms with van der Waals surface area (Å²) in [5, 5.41) is 17.4. The maximum atomic E-state index is 9.69. The minimum Gasteiger partial charge on any atom is -0.299 e. The number of nitrogens with one attached hydrogen (secondary N) is 1. The van der Waals surface area contributed by atoms with Crippen LogP contribution in [0.1, 0.15) is 23.4 Å². The summed E-state index contributed by atoms with van der Waals surface area (Å²) in [6.07, 6.45) is 0.651. The summed E-state index contributed by atoms with van der Waals surface area (Å²) in [6, 6.07) is 12.3. The van der Waals surface area contributed by atoms with Crippen molar-refractivity contribution in [3.63, 3.8) is 0 Å². The lowest BCUT2D eigenvalue weighted by Crippen LogP contribution is -2.39. The van der Waals surface area contributed by atoms with E-state index in [1.165, 1.54) is 0 Å². The number of hydrogen-bond acceptors (Lipinski definition) is 3. The molecular formula is C16H19BrN4. The first-order chi connectivity index (χ1) is 10.0. The van der Waals surface area contributed by atoms with Gasteiger partial charge in [-0.05, 0) is 42.4 Å². The van der Waals surface area contributed by atoms with Gasteiger partial charge in [0.1, 0.15) is 5.54 Å². The Morgan fingerprint density at radius 2 is 2.00 bits per heavy atom. The Hall–Kier alpha value is -1.64. The normalized spacial score (nSPS) is 13.7. The van der Waals surface area contributed by atoms with E-state index in [0.29, 0.717) is 13.0 Å². The molecule has 1 unspecified atom stereocenters. The van der Waals surface area contributed by atoms with Gasteiger partial charge in [0, 0.05) is 18.7 Å². The van der Waals surface area contributed by atoms with Crippen LogP contribution in [0.4, 0.5) is 0 Å². The van der Waals surface area contributed by atoms with Gasteiger partial charge in [0.05, 0.1) is 16.2 Å². The molecule has 21 heavy (non-hydrogen) atoms. The molecule has 0 radical (unpaired) electrons. The van der Waals surface area contributed by atoms with Crippen LogP contribution in [0.5, 0.6) is 0 Å². The van der Waals surface area contributed by atoms with Crippen molar-refractivity contribution in [2.45, 2.75) is 32.4 Å². The van der Waals surface area contributed by atoms with Gasteiger partial charge < -0.3 is 0 Å². The Labute approximate surface area is 133 Å². The first-order valence-corrected chi connectivity index (χ1v) is 7.68. The van der Waals surface area contributed by atoms with Gasteiger partial charge in [0.15, 0.2) is 0 Å². The molecule has 1 atom stereocenters. The van der Waals surface area contributed by atoms with E-state index in [0.717, 1.165) is 21.4 Å². The lowest BCUT2D eigenvalue weighted by atomic mass is 9.88. The Morgan fingerprint density at radius 1 is 1.33 bits per heavy atom. The smallest absolute Gasteiger partial charge is 0.133 e. The average molecular weight is 347 g/mol. The fourth-order valence-corrected chi connectivity index (χ4v) is 2.76. The minimum absolute atomic E-state index is 0.651. The monoisotopic (exact) mass is 346 g/mol. The molecule has 1 aromatic carbocycles. The van der Waals surface area contributed by atoms with Crippen LogP contribution in [0.15, 0.2) is 34.8 Å². The quantitative estimate of drug-likeness (QED) is 0.903. The second-order valence-corrected chi connectivity index (χ2v) is 5.88. The molecule has 2 rings (SSSR count). The van der Waals surface area contributed by atoms with Crippen LogP contribution in [0.3, 0.4) is 0 Å². The van der Waals surface area contributed by atoms with Gasteiger partial charge in [0.2, 0.25) is 0 Å². The van der Waals surface area contributed by atoms with Gasteiger partial charge in [-0.25, -0.2) is 0 Å². The zero-order valence-electron chi connectivity index (χ0n) is 12.5. The van der Waals surface area contributed by atoms with E-state index in [-0.39, 0.29) is 0 Å². The highest BCUT2D eigenvalue weighted by Crippen LogP contribution is 2.26. The lowest BCUT2D eigenvalue weighted by Gasteiger charge is -2.26. The molecule has 0 aliphatic heterocycles. The van der Waals surface area contributed by atoms with E-state index in [9.17, 15) is 5.26 Å². The molecule has 4 nitrogen and oxygen atoms in total. The van der Waals surface area contributed by atoms with Gasteiger partial charge >= 0.3 is 0 Å². The average Bonchev–Trinajstić information content (AvgIpc) is 2.77. The third-order valence-electron chi connectivity index (χ3n) is 3.88. The Bertz CT molecular complexity index is 657. The molecule has 0 saturated carbocycles. The molecule has 1 aromatic heterocycles. The molecule has 0 aliphatic carbocycles. The Morgan fingerprint density at radius 3 is 2.48 bits per heavy atom. The van der Waals surface area contributed by atoms with Crippen molar-refractivity contribution in [2.75, 3.05) is 7.05 Å². The fourth-order valence-electron chi connectivity index (χ4n) is 2.48. The molecule has 0 bridgehead atoms. The van der Waals surface area contributed by atoms with Crippen LogP contribution in [-0.2, 0) is 12.1 Å². The molecule has 5 heteroatoms. The van der Waals surface area contributed by atoms with Crippen LogP contribution in [0, 0.1) is 25.2 Å². The van der Waals surface area contributed by atoms with Gasteiger partial charge in [-0.1, -0.05) is 30.3 Å². The van der Waals surface area contributed by atoms with Crippen molar-refractivity contribution in [2.24, 2.45) is 0 Å². The highest BCUT2D eigenvalue weighted by atomic mass is 79.9. The summed E-state index contributed by atoms with van der Waals surface area (Å²) in [7, 11) is 1.83. The van der Waals surface area contributed by atoms with Crippen LogP contribution in [0.2, 0.25) is 0 Å². The van der Waals surface area contributed by atoms with Gasteiger partial charge in [0.25, 0.3) is 0 Å². The topological polar surface area (TPSA) is 53.6 Å². The van der Waals surface area contributed by atoms with Crippen molar-refractivity contribution >= 4 is 15.9 Å². The second-order valence-electron chi connectivity index (χ2n) is 5.09. The maximum Gasteiger partial charge on any atom is 0.133 e. The first kappa shape index (κ1) is 15.7. The number of aryl methyl sites for hydroxylation is 2. The standard InChI is InChI=1S/C16H19BrN4/c1-12-15(17)13(2)21(20-12)10-9-16(11-18,19-3)14-7-5-4-6-8-14/h4-8,19H,9-10H2,1-3H3. The Kier molecular flexibility index (Phi) is 4.81. The molecule has 0 fully saturated rings. The predicted molar refractivity (Wildman–Crippen MR) is 86.8 cm³/mol. The van der Waals surface area contributed by atoms with Crippen molar-refractivity contribution in [1.82, 2.24) is 15.1 Å². The molecule has 2 aromatic rings. The summed E-state index contributed by atoms with van der Waals surface area (Å²) < 4.78 is 2.99. The first-order valence-electron chi connectivity index (χ1n) is 6.89. The number of aromatic nitrogens is 2. The van der Waals surface area contributed by atoms with Gasteiger partial charge in [-0.2, -0.15) is 10.4 Å². The number of halogens is 1. The number of benzene rings is 1. The van der Waals surface area contributed by atoms with Crippen molar-refractivity contribution in [3.05, 3.63) is 51.8 Å². The molecule has 1 N–H and O–H groups in total. The second kappa shape index (κ2) is 6.42. The lowest BCUT2D eigenvalue weighted by molar-refractivity contribution is 0.386. The number of nitriles is 1. The zero-order valence-corrected chi connectivity index (χ0v) is 14.1. The van der Waals surface area contributed by atoms with Crippen molar-refractivity contribution in [3.8, 4) is 6.07 Å². The predicted octanol–water partition coefficient (Wildman–Crippen LogP) is 3.29. The van der Waals surface area contributed by atoms with Crippen molar-refractivity contribution in [1.29, 1.82) is 5.26 Å². The number of hydrogen-bond donors (Lipinski definition) is 1. The van der Waals surface area contributed by atoms with E-state index >= 15 is 0 Å². The number of rotatable bonds is 5. The SMILES string of the molecule is CNC(C#N)(CCn1nc(C)c(Br)c1C)c1ccccc1. The zero-order chi connectivity index (χ0) is 15.5. The highest BCUT2D eigenvalue weighted by molar-refractivity contribution is 9.10.